The van der Waals surface area contributed by atoms with Gasteiger partial charge in [-0.25, -0.2) is 8.78 Å². The van der Waals surface area contributed by atoms with Gasteiger partial charge in [0.05, 0.1) is 24.9 Å². The number of halogens is 2. The number of nitrogens with one attached hydrogen (secondary N) is 1. The van der Waals surface area contributed by atoms with Crippen LogP contribution in [0.15, 0.2) is 45.8 Å². The molecular weight excluding hydrogens is 354 g/mol. The van der Waals surface area contributed by atoms with Crippen LogP contribution < -0.4 is 10.9 Å². The van der Waals surface area contributed by atoms with E-state index < -0.39 is 11.6 Å². The molecule has 1 aromatic carbocycles. The number of aromatic nitrogens is 1. The normalized spacial score (nSPS) is 11.4. The van der Waals surface area contributed by atoms with Gasteiger partial charge in [-0.15, -0.1) is 0 Å². The quantitative estimate of drug-likeness (QED) is 0.580. The van der Waals surface area contributed by atoms with E-state index in [0.717, 1.165) is 24.3 Å². The third-order valence-corrected chi connectivity index (χ3v) is 4.21. The topological polar surface area (TPSA) is 56.4 Å². The summed E-state index contributed by atoms with van der Waals surface area (Å²) in [5.74, 6) is -1.17. The van der Waals surface area contributed by atoms with Crippen molar-refractivity contribution in [3.8, 4) is 0 Å². The van der Waals surface area contributed by atoms with Crippen LogP contribution in [-0.4, -0.2) is 17.8 Å². The average Bonchev–Trinajstić information content (AvgIpc) is 3.16. The lowest BCUT2D eigenvalue weighted by atomic mass is 10.1. The van der Waals surface area contributed by atoms with E-state index in [9.17, 15) is 13.6 Å². The molecule has 0 aliphatic rings. The van der Waals surface area contributed by atoms with Crippen LogP contribution in [0.25, 0.3) is 10.9 Å². The zero-order chi connectivity index (χ0) is 19.2. The monoisotopic (exact) mass is 376 g/mol. The fraction of sp³-hybridized carbons (Fsp3) is 0.350. The Morgan fingerprint density at radius 3 is 2.70 bits per heavy atom. The lowest BCUT2D eigenvalue weighted by Crippen LogP contribution is -2.29. The number of rotatable bonds is 9. The van der Waals surface area contributed by atoms with E-state index in [1.165, 1.54) is 4.57 Å². The summed E-state index contributed by atoms with van der Waals surface area (Å²) in [6, 6.07) is 7.39. The minimum Gasteiger partial charge on any atom is -0.468 e. The fourth-order valence-corrected chi connectivity index (χ4v) is 2.92. The van der Waals surface area contributed by atoms with E-state index in [4.69, 9.17) is 9.15 Å². The first-order chi connectivity index (χ1) is 13.1. The summed E-state index contributed by atoms with van der Waals surface area (Å²) in [6.45, 7) is 3.91. The molecule has 2 aromatic heterocycles. The van der Waals surface area contributed by atoms with E-state index >= 15 is 0 Å². The van der Waals surface area contributed by atoms with Gasteiger partial charge in [-0.3, -0.25) is 4.79 Å². The molecule has 0 aliphatic heterocycles. The maximum atomic E-state index is 13.7. The molecule has 144 valence electrons. The number of pyridine rings is 1. The van der Waals surface area contributed by atoms with Gasteiger partial charge in [-0.1, -0.05) is 6.92 Å². The van der Waals surface area contributed by atoms with E-state index in [1.54, 1.807) is 18.4 Å². The highest BCUT2D eigenvalue weighted by Crippen LogP contribution is 2.18. The molecule has 2 heterocycles. The molecule has 3 aromatic rings. The molecule has 0 saturated heterocycles. The number of furan rings is 1. The van der Waals surface area contributed by atoms with Crippen molar-refractivity contribution in [1.82, 2.24) is 9.88 Å². The van der Waals surface area contributed by atoms with E-state index in [-0.39, 0.29) is 18.6 Å². The SMILES string of the molecule is CCCOCCn1c(=O)c(CNCc2ccco2)cc2cc(F)c(F)cc21. The van der Waals surface area contributed by atoms with Crippen molar-refractivity contribution < 1.29 is 17.9 Å². The van der Waals surface area contributed by atoms with Gasteiger partial charge in [0.1, 0.15) is 5.76 Å². The predicted octanol–water partition coefficient (Wildman–Crippen LogP) is 3.59. The van der Waals surface area contributed by atoms with Crippen molar-refractivity contribution in [2.24, 2.45) is 0 Å². The number of fused-ring (bicyclic) bond motifs is 1. The number of benzene rings is 1. The highest BCUT2D eigenvalue weighted by atomic mass is 19.2. The molecule has 0 aliphatic carbocycles. The highest BCUT2D eigenvalue weighted by molar-refractivity contribution is 5.80. The van der Waals surface area contributed by atoms with Crippen molar-refractivity contribution in [3.63, 3.8) is 0 Å². The molecule has 0 atom stereocenters. The molecule has 0 unspecified atom stereocenters. The third kappa shape index (κ3) is 4.61. The second kappa shape index (κ2) is 8.92. The van der Waals surface area contributed by atoms with Gasteiger partial charge in [0.25, 0.3) is 5.56 Å². The lowest BCUT2D eigenvalue weighted by molar-refractivity contribution is 0.127. The summed E-state index contributed by atoms with van der Waals surface area (Å²) < 4.78 is 39.6. The lowest BCUT2D eigenvalue weighted by Gasteiger charge is -2.14. The Morgan fingerprint density at radius 1 is 1.15 bits per heavy atom. The van der Waals surface area contributed by atoms with Crippen molar-refractivity contribution >= 4 is 10.9 Å². The van der Waals surface area contributed by atoms with Crippen LogP contribution in [0, 0.1) is 11.6 Å². The summed E-state index contributed by atoms with van der Waals surface area (Å²) in [5.41, 5.74) is 0.574. The van der Waals surface area contributed by atoms with Gasteiger partial charge in [0.15, 0.2) is 11.6 Å². The van der Waals surface area contributed by atoms with Crippen LogP contribution >= 0.6 is 0 Å². The molecule has 5 nitrogen and oxygen atoms in total. The van der Waals surface area contributed by atoms with Crippen LogP contribution in [0.5, 0.6) is 0 Å². The molecule has 0 amide bonds. The maximum Gasteiger partial charge on any atom is 0.255 e. The molecule has 0 saturated carbocycles. The molecule has 27 heavy (non-hydrogen) atoms. The average molecular weight is 376 g/mol. The summed E-state index contributed by atoms with van der Waals surface area (Å²) >= 11 is 0. The Bertz CT molecular complexity index is 952. The van der Waals surface area contributed by atoms with Crippen LogP contribution in [0.3, 0.4) is 0 Å². The standard InChI is InChI=1S/C20H22F2N2O3/c1-2-6-26-8-5-24-19-11-18(22)17(21)10-14(19)9-15(20(24)25)12-23-13-16-4-3-7-27-16/h3-4,7,9-11,23H,2,5-6,8,12-13H2,1H3. The van der Waals surface area contributed by atoms with Crippen LogP contribution in [0.1, 0.15) is 24.7 Å². The third-order valence-electron chi connectivity index (χ3n) is 4.21. The summed E-state index contributed by atoms with van der Waals surface area (Å²) in [5, 5.41) is 3.60. The van der Waals surface area contributed by atoms with Gasteiger partial charge in [-0.05, 0) is 30.7 Å². The van der Waals surface area contributed by atoms with E-state index in [0.29, 0.717) is 36.2 Å². The molecule has 0 bridgehead atoms. The Morgan fingerprint density at radius 2 is 1.96 bits per heavy atom. The van der Waals surface area contributed by atoms with Gasteiger partial charge in [0.2, 0.25) is 0 Å². The van der Waals surface area contributed by atoms with Crippen LogP contribution in [0.2, 0.25) is 0 Å². The van der Waals surface area contributed by atoms with Gasteiger partial charge in [-0.2, -0.15) is 0 Å². The molecule has 0 fully saturated rings. The number of hydrogen-bond donors (Lipinski definition) is 1. The first-order valence-corrected chi connectivity index (χ1v) is 8.92. The Labute approximate surface area is 155 Å². The Kier molecular flexibility index (Phi) is 6.36. The van der Waals surface area contributed by atoms with Gasteiger partial charge < -0.3 is 19.0 Å². The molecule has 0 spiro atoms. The molecule has 7 heteroatoms. The minimum absolute atomic E-state index is 0.249. The second-order valence-corrected chi connectivity index (χ2v) is 6.25. The van der Waals surface area contributed by atoms with Gasteiger partial charge in [0, 0.05) is 36.7 Å². The zero-order valence-electron chi connectivity index (χ0n) is 15.1. The summed E-state index contributed by atoms with van der Waals surface area (Å²) in [6.07, 6.45) is 2.44. The van der Waals surface area contributed by atoms with E-state index in [1.807, 2.05) is 13.0 Å². The first-order valence-electron chi connectivity index (χ1n) is 8.92. The second-order valence-electron chi connectivity index (χ2n) is 6.25. The highest BCUT2D eigenvalue weighted by Gasteiger charge is 2.13. The smallest absolute Gasteiger partial charge is 0.255 e. The van der Waals surface area contributed by atoms with Crippen molar-refractivity contribution in [1.29, 1.82) is 0 Å². The molecule has 1 N–H and O–H groups in total. The molecule has 0 radical (unpaired) electrons. The zero-order valence-corrected chi connectivity index (χ0v) is 15.1. The van der Waals surface area contributed by atoms with Crippen molar-refractivity contribution in [3.05, 3.63) is 69.9 Å². The molecule has 3 rings (SSSR count). The maximum absolute atomic E-state index is 13.7. The Hall–Kier alpha value is -2.51. The summed E-state index contributed by atoms with van der Waals surface area (Å²) in [7, 11) is 0. The van der Waals surface area contributed by atoms with Crippen LogP contribution in [-0.2, 0) is 24.4 Å². The largest absolute Gasteiger partial charge is 0.468 e. The minimum atomic E-state index is -0.978. The van der Waals surface area contributed by atoms with E-state index in [2.05, 4.69) is 5.32 Å². The number of nitrogens with zero attached hydrogens (tertiary/aromatic N) is 1. The van der Waals surface area contributed by atoms with Crippen molar-refractivity contribution in [2.45, 2.75) is 33.0 Å². The van der Waals surface area contributed by atoms with Crippen LogP contribution in [0.4, 0.5) is 8.78 Å². The summed E-state index contributed by atoms with van der Waals surface area (Å²) in [4.78, 5) is 12.9. The van der Waals surface area contributed by atoms with Gasteiger partial charge >= 0.3 is 0 Å². The fourth-order valence-electron chi connectivity index (χ4n) is 2.92. The number of hydrogen-bond acceptors (Lipinski definition) is 4. The predicted molar refractivity (Wildman–Crippen MR) is 98.5 cm³/mol. The molecular formula is C20H22F2N2O3. The van der Waals surface area contributed by atoms with Crippen molar-refractivity contribution in [2.75, 3.05) is 13.2 Å². The Balaban J connectivity index is 1.89. The number of ether oxygens (including phenoxy) is 1. The first kappa shape index (κ1) is 19.3.